The highest BCUT2D eigenvalue weighted by molar-refractivity contribution is 7.84. The molecule has 0 radical (unpaired) electrons. The van der Waals surface area contributed by atoms with E-state index in [0.29, 0.717) is 31.0 Å². The van der Waals surface area contributed by atoms with Gasteiger partial charge in [-0.15, -0.1) is 18.9 Å². The molecule has 0 bridgehead atoms. The van der Waals surface area contributed by atoms with Crippen LogP contribution in [0, 0.1) is 24.2 Å². The molecule has 2 heterocycles. The van der Waals surface area contributed by atoms with Crippen molar-refractivity contribution in [1.82, 2.24) is 26.2 Å². The number of likely N-dealkylation sites (tertiary alicyclic amines) is 1. The average molecular weight is 774 g/mol. The molecule has 5 amide bonds. The van der Waals surface area contributed by atoms with Crippen molar-refractivity contribution in [1.29, 1.82) is 0 Å². The van der Waals surface area contributed by atoms with Crippen LogP contribution in [-0.4, -0.2) is 82.7 Å². The Hall–Kier alpha value is -3.92. The summed E-state index contributed by atoms with van der Waals surface area (Å²) in [4.78, 5) is 64.6. The second-order valence-corrected chi connectivity index (χ2v) is 14.7. The molecule has 0 saturated carbocycles. The van der Waals surface area contributed by atoms with Gasteiger partial charge in [-0.3, -0.25) is 23.4 Å². The van der Waals surface area contributed by atoms with E-state index in [1.54, 1.807) is 12.3 Å². The molecular weight excluding hydrogens is 695 g/mol. The summed E-state index contributed by atoms with van der Waals surface area (Å²) in [5.74, 6) is 2.18. The summed E-state index contributed by atoms with van der Waals surface area (Å²) in [7, 11) is -0.938. The van der Waals surface area contributed by atoms with Gasteiger partial charge in [-0.2, -0.15) is 0 Å². The molecule has 1 aromatic heterocycles. The minimum Gasteiger partial charge on any atom is -0.468 e. The van der Waals surface area contributed by atoms with Gasteiger partial charge >= 0.3 is 6.03 Å². The molecule has 1 saturated heterocycles. The van der Waals surface area contributed by atoms with Gasteiger partial charge in [0.05, 0.1) is 24.6 Å². The Bertz CT molecular complexity index is 1260. The van der Waals surface area contributed by atoms with E-state index in [1.165, 1.54) is 17.4 Å². The highest BCUT2D eigenvalue weighted by atomic mass is 32.2. The first-order valence-corrected chi connectivity index (χ1v) is 19.7. The van der Waals surface area contributed by atoms with Crippen LogP contribution in [-0.2, 0) is 35.7 Å². The minimum absolute atomic E-state index is 0. The second kappa shape index (κ2) is 32.7. The summed E-state index contributed by atoms with van der Waals surface area (Å²) < 4.78 is 17.3. The van der Waals surface area contributed by atoms with E-state index in [-0.39, 0.29) is 52.4 Å². The molecule has 0 spiro atoms. The maximum atomic E-state index is 13.2. The predicted octanol–water partition coefficient (Wildman–Crippen LogP) is 7.12. The molecule has 4 atom stereocenters. The van der Waals surface area contributed by atoms with Crippen molar-refractivity contribution < 1.29 is 38.3 Å². The topological polar surface area (TPSA) is 167 Å². The third kappa shape index (κ3) is 24.9. The first kappa shape index (κ1) is 53.4. The summed E-state index contributed by atoms with van der Waals surface area (Å²) in [5, 5.41) is 10.3. The van der Waals surface area contributed by atoms with Gasteiger partial charge in [0.2, 0.25) is 17.6 Å². The highest BCUT2D eigenvalue weighted by Crippen LogP contribution is 2.24. The van der Waals surface area contributed by atoms with E-state index in [1.807, 2.05) is 13.0 Å². The maximum absolute atomic E-state index is 13.2. The average Bonchev–Trinajstić information content (AvgIpc) is 3.74. The van der Waals surface area contributed by atoms with Crippen LogP contribution in [0.15, 0.2) is 35.5 Å². The number of amides is 5. The predicted molar refractivity (Wildman–Crippen MR) is 226 cm³/mol. The van der Waals surface area contributed by atoms with Gasteiger partial charge in [-0.25, -0.2) is 4.79 Å². The van der Waals surface area contributed by atoms with Crippen LogP contribution in [0.2, 0.25) is 0 Å². The Kier molecular flexibility index (Phi) is 33.0. The summed E-state index contributed by atoms with van der Waals surface area (Å²) >= 11 is 0. The number of hydrogen-bond donors (Lipinski definition) is 4. The Morgan fingerprint density at radius 1 is 1.08 bits per heavy atom. The quantitative estimate of drug-likeness (QED) is 0.0474. The molecule has 3 unspecified atom stereocenters. The summed E-state index contributed by atoms with van der Waals surface area (Å²) in [6.07, 6.45) is 14.9. The van der Waals surface area contributed by atoms with Gasteiger partial charge < -0.3 is 30.6 Å². The Labute approximate surface area is 329 Å². The molecule has 13 heteroatoms. The Balaban J connectivity index is -0.000000356. The lowest BCUT2D eigenvalue weighted by molar-refractivity contribution is -0.142. The number of urea groups is 1. The van der Waals surface area contributed by atoms with Crippen LogP contribution < -0.4 is 21.3 Å². The molecule has 1 fully saturated rings. The van der Waals surface area contributed by atoms with Crippen LogP contribution >= 0.6 is 0 Å². The van der Waals surface area contributed by atoms with Crippen molar-refractivity contribution in [2.45, 2.75) is 132 Å². The van der Waals surface area contributed by atoms with Crippen LogP contribution in [0.4, 0.5) is 4.79 Å². The monoisotopic (exact) mass is 774 g/mol. The van der Waals surface area contributed by atoms with E-state index in [2.05, 4.69) is 68.4 Å². The van der Waals surface area contributed by atoms with Crippen LogP contribution in [0.1, 0.15) is 126 Å². The van der Waals surface area contributed by atoms with Crippen molar-refractivity contribution in [3.8, 4) is 12.3 Å². The molecule has 1 aliphatic heterocycles. The van der Waals surface area contributed by atoms with Crippen molar-refractivity contribution in [2.75, 3.05) is 31.9 Å². The molecule has 1 aliphatic rings. The molecule has 312 valence electrons. The lowest BCUT2D eigenvalue weighted by atomic mass is 10.00. The lowest BCUT2D eigenvalue weighted by Gasteiger charge is -2.28. The van der Waals surface area contributed by atoms with E-state index in [0.717, 1.165) is 43.8 Å². The molecule has 1 aromatic rings. The number of ketones is 1. The third-order valence-corrected chi connectivity index (χ3v) is 8.60. The first-order chi connectivity index (χ1) is 24.3. The maximum Gasteiger partial charge on any atom is 0.315 e. The number of carbonyl (C=O) groups excluding carboxylic acids is 5. The van der Waals surface area contributed by atoms with Gasteiger partial charge in [-0.05, 0) is 49.7 Å². The Morgan fingerprint density at radius 2 is 1.70 bits per heavy atom. The number of furan rings is 1. The lowest BCUT2D eigenvalue weighted by Crippen LogP contribution is -2.55. The van der Waals surface area contributed by atoms with E-state index in [9.17, 15) is 28.2 Å². The van der Waals surface area contributed by atoms with E-state index in [4.69, 9.17) is 10.8 Å². The number of rotatable bonds is 20. The van der Waals surface area contributed by atoms with E-state index >= 15 is 0 Å². The fourth-order valence-electron chi connectivity index (χ4n) is 4.86. The van der Waals surface area contributed by atoms with Gasteiger partial charge in [0.25, 0.3) is 5.91 Å². The molecule has 0 aromatic carbocycles. The molecule has 12 nitrogen and oxygen atoms in total. The SMILES string of the molecule is C.C.C#CCCC(NC(=O)[C@@H]1C(C)CCN1C(=O)CNC(=O)NCCCCCCCS(=O)Cc1ccco1)C(=O)C(=O)NCC=C.CC(C)C.CCC.[HH].[HH].[HH].[HH]. The van der Waals surface area contributed by atoms with Crippen molar-refractivity contribution in [3.63, 3.8) is 0 Å². The number of unbranched alkanes of at least 4 members (excludes halogenated alkanes) is 4. The fourth-order valence-corrected chi connectivity index (χ4v) is 6.01. The number of nitrogens with one attached hydrogen (secondary N) is 4. The molecule has 2 rings (SSSR count). The summed E-state index contributed by atoms with van der Waals surface area (Å²) in [5.41, 5.74) is 0. The first-order valence-electron chi connectivity index (χ1n) is 18.2. The van der Waals surface area contributed by atoms with Gasteiger partial charge in [0, 0.05) is 48.3 Å². The molecule has 0 aliphatic carbocycles. The minimum atomic E-state index is -1.13. The smallest absolute Gasteiger partial charge is 0.315 e. The normalized spacial score (nSPS) is 15.2. The number of terminal acetylenes is 1. The molecule has 53 heavy (non-hydrogen) atoms. The van der Waals surface area contributed by atoms with Gasteiger partial charge in [0.1, 0.15) is 11.8 Å². The van der Waals surface area contributed by atoms with Crippen molar-refractivity contribution >= 4 is 40.3 Å². The zero-order valence-corrected chi connectivity index (χ0v) is 32.5. The van der Waals surface area contributed by atoms with Crippen LogP contribution in [0.3, 0.4) is 0 Å². The standard InChI is InChI=1S/C31H45N5O7S.C4H10.C3H8.2CH4.4H2/c1-4-6-14-25(28(38)30(40)32-16-5-2)35-29(39)27-23(3)15-18-36(27)26(37)21-34-31(41)33-17-10-8-7-9-11-20-44(42)22-24-13-12-19-43-24;1-4(2)3;1-3-2;;;;;;/h1,5,12-13,19,23,25,27H,2,6-11,14-18,20-22H2,3H3,(H,32,40)(H,35,39)(H2,33,34,41);4H,1-3H3;3H2,1-2H3;2*1H4;4*1H/t23?,25?,27-,44?;;;;;;;;/m0......../s1. The van der Waals surface area contributed by atoms with Crippen LogP contribution in [0.25, 0.3) is 0 Å². The highest BCUT2D eigenvalue weighted by Gasteiger charge is 2.41. The van der Waals surface area contributed by atoms with Crippen molar-refractivity contribution in [3.05, 3.63) is 36.8 Å². The number of nitrogens with zero attached hydrogens (tertiary/aromatic N) is 1. The Morgan fingerprint density at radius 3 is 2.28 bits per heavy atom. The van der Waals surface area contributed by atoms with Gasteiger partial charge in [-0.1, -0.05) is 88.2 Å². The molecular formula is C40H79N5O7S. The van der Waals surface area contributed by atoms with Crippen LogP contribution in [0.5, 0.6) is 0 Å². The second-order valence-electron chi connectivity index (χ2n) is 13.1. The number of hydrogen-bond acceptors (Lipinski definition) is 7. The fraction of sp³-hybridized carbons (Fsp3) is 0.675. The van der Waals surface area contributed by atoms with Gasteiger partial charge in [0.15, 0.2) is 0 Å². The number of carbonyl (C=O) groups is 5. The van der Waals surface area contributed by atoms with E-state index < -0.39 is 52.4 Å². The largest absolute Gasteiger partial charge is 0.468 e. The number of Topliss-reactive ketones (excluding diaryl/α,β-unsaturated/α-hetero) is 1. The zero-order chi connectivity index (χ0) is 38.6. The summed E-state index contributed by atoms with van der Waals surface area (Å²) in [6.45, 7) is 16.6. The zero-order valence-electron chi connectivity index (χ0n) is 31.7. The molecule has 4 N–H and O–H groups in total. The van der Waals surface area contributed by atoms with Crippen molar-refractivity contribution in [2.24, 2.45) is 11.8 Å². The summed E-state index contributed by atoms with van der Waals surface area (Å²) in [6, 6.07) is 1.14. The third-order valence-electron chi connectivity index (χ3n) is 7.25.